The van der Waals surface area contributed by atoms with E-state index in [2.05, 4.69) is 5.32 Å². The number of hydrogen-bond acceptors (Lipinski definition) is 4. The van der Waals surface area contributed by atoms with Gasteiger partial charge in [0.25, 0.3) is 15.9 Å². The lowest BCUT2D eigenvalue weighted by Crippen LogP contribution is -2.44. The molecular weight excluding hydrogens is 497 g/mol. The molecule has 10 heteroatoms. The summed E-state index contributed by atoms with van der Waals surface area (Å²) < 4.78 is 27.2. The number of halogens is 2. The summed E-state index contributed by atoms with van der Waals surface area (Å²) in [5.74, 6) is -0.0229. The average Bonchev–Trinajstić information content (AvgIpc) is 3.62. The van der Waals surface area contributed by atoms with Crippen LogP contribution in [0.1, 0.15) is 60.9 Å². The van der Waals surface area contributed by atoms with Gasteiger partial charge in [-0.2, -0.15) is 0 Å². The molecule has 0 aromatic heterocycles. The summed E-state index contributed by atoms with van der Waals surface area (Å²) in [6, 6.07) is 9.30. The van der Waals surface area contributed by atoms with Crippen LogP contribution in [0.15, 0.2) is 41.3 Å². The van der Waals surface area contributed by atoms with Gasteiger partial charge in [0.1, 0.15) is 4.90 Å². The minimum atomic E-state index is -4.21. The molecule has 0 bridgehead atoms. The molecule has 3 aliphatic rings. The summed E-state index contributed by atoms with van der Waals surface area (Å²) in [7, 11) is -4.21. The smallest absolute Gasteiger partial charge is 0.333 e. The van der Waals surface area contributed by atoms with Gasteiger partial charge in [0.15, 0.2) is 0 Å². The Labute approximate surface area is 209 Å². The van der Waals surface area contributed by atoms with Crippen LogP contribution in [0, 0.1) is 0 Å². The predicted octanol–water partition coefficient (Wildman–Crippen LogP) is 5.67. The Balaban J connectivity index is 1.41. The number of fused-ring (bicyclic) bond motifs is 1. The van der Waals surface area contributed by atoms with Gasteiger partial charge in [-0.3, -0.25) is 4.79 Å². The van der Waals surface area contributed by atoms with E-state index in [1.165, 1.54) is 18.6 Å². The molecule has 0 radical (unpaired) electrons. The van der Waals surface area contributed by atoms with Crippen LogP contribution in [0.2, 0.25) is 10.0 Å². The second kappa shape index (κ2) is 9.06. The van der Waals surface area contributed by atoms with Crippen molar-refractivity contribution in [3.8, 4) is 0 Å². The van der Waals surface area contributed by atoms with Crippen LogP contribution in [0.4, 0.5) is 10.5 Å². The average molecular weight is 522 g/mol. The van der Waals surface area contributed by atoms with Crippen molar-refractivity contribution in [1.82, 2.24) is 9.21 Å². The van der Waals surface area contributed by atoms with E-state index in [1.807, 2.05) is 4.90 Å². The standard InChI is InChI=1S/C24H25Cl2N3O4S/c25-17-12-20(26)22-21(13-17)27-24(31)28(34(22,32)33)14-15-5-4-6-16(11-15)23(30)29(19-9-10-19)18-7-2-1-3-8-18/h4-6,11-13,18-19H,1-3,7-10,14H2,(H,27,31). The lowest BCUT2D eigenvalue weighted by Gasteiger charge is -2.35. The third-order valence-electron chi connectivity index (χ3n) is 6.67. The molecule has 5 rings (SSSR count). The first-order valence-electron chi connectivity index (χ1n) is 11.5. The van der Waals surface area contributed by atoms with E-state index in [0.29, 0.717) is 11.1 Å². The number of hydrogen-bond donors (Lipinski definition) is 1. The summed E-state index contributed by atoms with van der Waals surface area (Å²) in [5, 5.41) is 2.71. The van der Waals surface area contributed by atoms with Crippen LogP contribution in [-0.4, -0.2) is 41.6 Å². The lowest BCUT2D eigenvalue weighted by atomic mass is 9.93. The molecule has 0 spiro atoms. The SMILES string of the molecule is O=C(c1cccc(CN2C(=O)Nc3cc(Cl)cc(Cl)c3S2(=O)=O)c1)N(C1CCCCC1)C1CC1. The van der Waals surface area contributed by atoms with Gasteiger partial charge < -0.3 is 10.2 Å². The van der Waals surface area contributed by atoms with Crippen molar-refractivity contribution in [2.45, 2.75) is 68.5 Å². The van der Waals surface area contributed by atoms with Gasteiger partial charge in [0.2, 0.25) is 0 Å². The van der Waals surface area contributed by atoms with E-state index < -0.39 is 16.1 Å². The fourth-order valence-corrected chi connectivity index (χ4v) is 7.21. The van der Waals surface area contributed by atoms with Gasteiger partial charge >= 0.3 is 6.03 Å². The molecule has 2 aromatic rings. The zero-order valence-electron chi connectivity index (χ0n) is 18.5. The highest BCUT2D eigenvalue weighted by molar-refractivity contribution is 7.90. The number of rotatable bonds is 5. The Bertz CT molecular complexity index is 1260. The molecule has 0 saturated heterocycles. The third kappa shape index (κ3) is 4.39. The van der Waals surface area contributed by atoms with E-state index in [-0.39, 0.29) is 45.2 Å². The number of amides is 3. The molecule has 0 atom stereocenters. The molecule has 7 nitrogen and oxygen atoms in total. The second-order valence-electron chi connectivity index (χ2n) is 9.14. The second-order valence-corrected chi connectivity index (χ2v) is 11.8. The number of carbonyl (C=O) groups is 2. The minimum Gasteiger partial charge on any atom is -0.333 e. The molecular formula is C24H25Cl2N3O4S. The first kappa shape index (κ1) is 23.5. The van der Waals surface area contributed by atoms with E-state index in [4.69, 9.17) is 23.2 Å². The highest BCUT2D eigenvalue weighted by Crippen LogP contribution is 2.39. The predicted molar refractivity (Wildman–Crippen MR) is 131 cm³/mol. The van der Waals surface area contributed by atoms with Gasteiger partial charge in [-0.1, -0.05) is 54.6 Å². The largest absolute Gasteiger partial charge is 0.336 e. The van der Waals surface area contributed by atoms with Gasteiger partial charge in [-0.25, -0.2) is 17.5 Å². The maximum absolute atomic E-state index is 13.5. The topological polar surface area (TPSA) is 86.8 Å². The van der Waals surface area contributed by atoms with E-state index in [0.717, 1.165) is 42.8 Å². The zero-order valence-corrected chi connectivity index (χ0v) is 20.8. The quantitative estimate of drug-likeness (QED) is 0.549. The van der Waals surface area contributed by atoms with E-state index >= 15 is 0 Å². The Morgan fingerprint density at radius 1 is 1.03 bits per heavy atom. The highest BCUT2D eigenvalue weighted by atomic mass is 35.5. The van der Waals surface area contributed by atoms with Crippen LogP contribution >= 0.6 is 23.2 Å². The molecule has 180 valence electrons. The Morgan fingerprint density at radius 3 is 2.44 bits per heavy atom. The first-order chi connectivity index (χ1) is 16.3. The van der Waals surface area contributed by atoms with Crippen LogP contribution in [0.3, 0.4) is 0 Å². The van der Waals surface area contributed by atoms with Gasteiger partial charge in [0.05, 0.1) is 17.3 Å². The fourth-order valence-electron chi connectivity index (χ4n) is 4.93. The normalized spacial score (nSPS) is 19.9. The van der Waals surface area contributed by atoms with E-state index in [9.17, 15) is 18.0 Å². The minimum absolute atomic E-state index is 0.0229. The van der Waals surface area contributed by atoms with Crippen molar-refractivity contribution in [2.75, 3.05) is 5.32 Å². The summed E-state index contributed by atoms with van der Waals surface area (Å²) >= 11 is 12.1. The first-order valence-corrected chi connectivity index (χ1v) is 13.7. The summed E-state index contributed by atoms with van der Waals surface area (Å²) in [4.78, 5) is 28.0. The number of urea groups is 1. The molecule has 2 saturated carbocycles. The molecule has 2 aromatic carbocycles. The Hall–Kier alpha value is -2.29. The Kier molecular flexibility index (Phi) is 6.25. The highest BCUT2D eigenvalue weighted by Gasteiger charge is 2.40. The van der Waals surface area contributed by atoms with Crippen molar-refractivity contribution in [2.24, 2.45) is 0 Å². The number of anilines is 1. The molecule has 3 amide bonds. The molecule has 34 heavy (non-hydrogen) atoms. The van der Waals surface area contributed by atoms with Crippen molar-refractivity contribution in [3.05, 3.63) is 57.6 Å². The molecule has 1 aliphatic heterocycles. The van der Waals surface area contributed by atoms with Crippen molar-refractivity contribution >= 4 is 50.9 Å². The molecule has 0 unspecified atom stereocenters. The molecule has 2 fully saturated rings. The summed E-state index contributed by atoms with van der Waals surface area (Å²) in [5.41, 5.74) is 1.10. The van der Waals surface area contributed by atoms with Crippen LogP contribution in [0.5, 0.6) is 0 Å². The van der Waals surface area contributed by atoms with Crippen LogP contribution < -0.4 is 5.32 Å². The number of sulfonamides is 1. The molecule has 2 aliphatic carbocycles. The lowest BCUT2D eigenvalue weighted by molar-refractivity contribution is 0.0614. The van der Waals surface area contributed by atoms with Crippen molar-refractivity contribution < 1.29 is 18.0 Å². The molecule has 1 N–H and O–H groups in total. The van der Waals surface area contributed by atoms with Crippen molar-refractivity contribution in [1.29, 1.82) is 0 Å². The van der Waals surface area contributed by atoms with Gasteiger partial charge in [0, 0.05) is 22.7 Å². The van der Waals surface area contributed by atoms with Gasteiger partial charge in [-0.15, -0.1) is 0 Å². The number of benzene rings is 2. The van der Waals surface area contributed by atoms with Crippen LogP contribution in [0.25, 0.3) is 0 Å². The number of nitrogens with zero attached hydrogens (tertiary/aromatic N) is 2. The van der Waals surface area contributed by atoms with E-state index in [1.54, 1.807) is 24.3 Å². The maximum atomic E-state index is 13.5. The maximum Gasteiger partial charge on any atom is 0.336 e. The summed E-state index contributed by atoms with van der Waals surface area (Å²) in [6.07, 6.45) is 7.59. The van der Waals surface area contributed by atoms with Crippen molar-refractivity contribution in [3.63, 3.8) is 0 Å². The number of carbonyl (C=O) groups excluding carboxylic acids is 2. The van der Waals surface area contributed by atoms with Gasteiger partial charge in [-0.05, 0) is 55.5 Å². The zero-order chi connectivity index (χ0) is 24.0. The summed E-state index contributed by atoms with van der Waals surface area (Å²) in [6.45, 7) is -0.222. The number of nitrogens with one attached hydrogen (secondary N) is 1. The molecule has 1 heterocycles. The third-order valence-corrected chi connectivity index (χ3v) is 9.13. The Morgan fingerprint density at radius 2 is 1.74 bits per heavy atom. The monoisotopic (exact) mass is 521 g/mol. The van der Waals surface area contributed by atoms with Crippen LogP contribution in [-0.2, 0) is 16.6 Å². The fraction of sp³-hybridized carbons (Fsp3) is 0.417.